The second-order valence-corrected chi connectivity index (χ2v) is 5.64. The Hall–Kier alpha value is -2.07. The third kappa shape index (κ3) is 2.53. The molecule has 0 saturated carbocycles. The van der Waals surface area contributed by atoms with Gasteiger partial charge in [-0.25, -0.2) is 4.98 Å². The van der Waals surface area contributed by atoms with E-state index in [1.807, 2.05) is 30.3 Å². The average Bonchev–Trinajstić information content (AvgIpc) is 2.80. The van der Waals surface area contributed by atoms with Gasteiger partial charge in [0, 0.05) is 18.4 Å². The van der Waals surface area contributed by atoms with E-state index in [4.69, 9.17) is 5.73 Å². The molecule has 3 nitrogen and oxygen atoms in total. The van der Waals surface area contributed by atoms with Gasteiger partial charge in [-0.3, -0.25) is 0 Å². The summed E-state index contributed by atoms with van der Waals surface area (Å²) in [5.41, 5.74) is 8.78. The van der Waals surface area contributed by atoms with E-state index in [2.05, 4.69) is 35.1 Å². The second kappa shape index (κ2) is 4.90. The highest BCUT2D eigenvalue weighted by atomic mass is 32.1. The molecule has 3 rings (SSSR count). The standard InChI is InChI=1S/C15H15N3S/c1-18(12-6-4-5-11(16)9-12)10-15-17-13-7-2-3-8-14(13)19-15/h2-9H,10,16H2,1H3. The van der Waals surface area contributed by atoms with Crippen molar-refractivity contribution in [2.75, 3.05) is 17.7 Å². The first-order valence-corrected chi connectivity index (χ1v) is 6.95. The van der Waals surface area contributed by atoms with Crippen LogP contribution >= 0.6 is 11.3 Å². The van der Waals surface area contributed by atoms with Gasteiger partial charge in [-0.05, 0) is 30.3 Å². The number of hydrogen-bond acceptors (Lipinski definition) is 4. The fourth-order valence-electron chi connectivity index (χ4n) is 2.04. The summed E-state index contributed by atoms with van der Waals surface area (Å²) in [6, 6.07) is 16.1. The van der Waals surface area contributed by atoms with Crippen molar-refractivity contribution in [3.63, 3.8) is 0 Å². The van der Waals surface area contributed by atoms with E-state index < -0.39 is 0 Å². The minimum atomic E-state index is 0.786. The lowest BCUT2D eigenvalue weighted by Gasteiger charge is -2.18. The molecule has 1 aromatic heterocycles. The molecule has 19 heavy (non-hydrogen) atoms. The van der Waals surface area contributed by atoms with Crippen molar-refractivity contribution in [2.45, 2.75) is 6.54 Å². The van der Waals surface area contributed by atoms with E-state index in [1.165, 1.54) is 4.70 Å². The van der Waals surface area contributed by atoms with Crippen LogP contribution in [0.25, 0.3) is 10.2 Å². The predicted molar refractivity (Wildman–Crippen MR) is 82.6 cm³/mol. The molecule has 0 fully saturated rings. The van der Waals surface area contributed by atoms with Crippen molar-refractivity contribution >= 4 is 32.9 Å². The first-order chi connectivity index (χ1) is 9.22. The average molecular weight is 269 g/mol. The van der Waals surface area contributed by atoms with Crippen LogP contribution in [0.1, 0.15) is 5.01 Å². The molecule has 3 aromatic rings. The topological polar surface area (TPSA) is 42.2 Å². The van der Waals surface area contributed by atoms with Crippen LogP contribution in [0.15, 0.2) is 48.5 Å². The quantitative estimate of drug-likeness (QED) is 0.740. The molecule has 0 atom stereocenters. The number of hydrogen-bond donors (Lipinski definition) is 1. The van der Waals surface area contributed by atoms with Gasteiger partial charge in [0.15, 0.2) is 0 Å². The summed E-state index contributed by atoms with van der Waals surface area (Å²) in [4.78, 5) is 6.81. The molecule has 96 valence electrons. The maximum atomic E-state index is 5.81. The Bertz CT molecular complexity index is 672. The molecule has 0 bridgehead atoms. The van der Waals surface area contributed by atoms with E-state index in [0.29, 0.717) is 0 Å². The highest BCUT2D eigenvalue weighted by Crippen LogP contribution is 2.24. The minimum Gasteiger partial charge on any atom is -0.399 e. The SMILES string of the molecule is CN(Cc1nc2ccccc2s1)c1cccc(N)c1. The Balaban J connectivity index is 1.84. The summed E-state index contributed by atoms with van der Waals surface area (Å²) in [5.74, 6) is 0. The van der Waals surface area contributed by atoms with Crippen LogP contribution in [0.2, 0.25) is 0 Å². The van der Waals surface area contributed by atoms with Crippen molar-refractivity contribution in [1.29, 1.82) is 0 Å². The highest BCUT2D eigenvalue weighted by molar-refractivity contribution is 7.18. The molecule has 0 unspecified atom stereocenters. The molecule has 0 aliphatic carbocycles. The van der Waals surface area contributed by atoms with Crippen molar-refractivity contribution in [3.05, 3.63) is 53.5 Å². The van der Waals surface area contributed by atoms with Crippen LogP contribution in [0, 0.1) is 0 Å². The molecular formula is C15H15N3S. The summed E-state index contributed by atoms with van der Waals surface area (Å²) < 4.78 is 1.23. The maximum Gasteiger partial charge on any atom is 0.113 e. The summed E-state index contributed by atoms with van der Waals surface area (Å²) >= 11 is 1.74. The fraction of sp³-hybridized carbons (Fsp3) is 0.133. The van der Waals surface area contributed by atoms with Crippen LogP contribution in [-0.4, -0.2) is 12.0 Å². The number of nitrogens with two attached hydrogens (primary N) is 1. The molecule has 0 amide bonds. The molecule has 0 aliphatic heterocycles. The van der Waals surface area contributed by atoms with E-state index in [9.17, 15) is 0 Å². The van der Waals surface area contributed by atoms with E-state index in [1.54, 1.807) is 11.3 Å². The molecule has 1 heterocycles. The monoisotopic (exact) mass is 269 g/mol. The first-order valence-electron chi connectivity index (χ1n) is 6.13. The number of aromatic nitrogens is 1. The molecule has 0 radical (unpaired) electrons. The Labute approximate surface area is 116 Å². The van der Waals surface area contributed by atoms with Crippen molar-refractivity contribution in [1.82, 2.24) is 4.98 Å². The highest BCUT2D eigenvalue weighted by Gasteiger charge is 2.07. The predicted octanol–water partition coefficient (Wildman–Crippen LogP) is 3.51. The van der Waals surface area contributed by atoms with Gasteiger partial charge in [-0.15, -0.1) is 11.3 Å². The van der Waals surface area contributed by atoms with Gasteiger partial charge in [0.05, 0.1) is 16.8 Å². The summed E-state index contributed by atoms with van der Waals surface area (Å²) in [7, 11) is 2.06. The summed E-state index contributed by atoms with van der Waals surface area (Å²) in [6.45, 7) is 0.794. The van der Waals surface area contributed by atoms with E-state index >= 15 is 0 Å². The lowest BCUT2D eigenvalue weighted by Crippen LogP contribution is -2.16. The number of rotatable bonds is 3. The lowest BCUT2D eigenvalue weighted by molar-refractivity contribution is 0.915. The molecule has 2 N–H and O–H groups in total. The van der Waals surface area contributed by atoms with Crippen LogP contribution in [-0.2, 0) is 6.54 Å². The number of thiazole rings is 1. The third-order valence-electron chi connectivity index (χ3n) is 3.02. The normalized spacial score (nSPS) is 10.8. The van der Waals surface area contributed by atoms with E-state index in [-0.39, 0.29) is 0 Å². The lowest BCUT2D eigenvalue weighted by atomic mass is 10.2. The van der Waals surface area contributed by atoms with Gasteiger partial charge in [0.2, 0.25) is 0 Å². The number of nitrogen functional groups attached to an aromatic ring is 1. The number of para-hydroxylation sites is 1. The maximum absolute atomic E-state index is 5.81. The molecule has 4 heteroatoms. The van der Waals surface area contributed by atoms with Crippen LogP contribution < -0.4 is 10.6 Å². The van der Waals surface area contributed by atoms with Crippen molar-refractivity contribution in [2.24, 2.45) is 0 Å². The van der Waals surface area contributed by atoms with E-state index in [0.717, 1.165) is 28.4 Å². The van der Waals surface area contributed by atoms with Crippen molar-refractivity contribution in [3.8, 4) is 0 Å². The summed E-state index contributed by atoms with van der Waals surface area (Å²) in [5, 5.41) is 1.12. The number of fused-ring (bicyclic) bond motifs is 1. The van der Waals surface area contributed by atoms with Gasteiger partial charge in [-0.2, -0.15) is 0 Å². The minimum absolute atomic E-state index is 0.786. The van der Waals surface area contributed by atoms with Crippen LogP contribution in [0.3, 0.4) is 0 Å². The van der Waals surface area contributed by atoms with Gasteiger partial charge >= 0.3 is 0 Å². The zero-order valence-corrected chi connectivity index (χ0v) is 11.5. The molecule has 2 aromatic carbocycles. The number of nitrogens with zero attached hydrogens (tertiary/aromatic N) is 2. The number of benzene rings is 2. The molecule has 0 saturated heterocycles. The van der Waals surface area contributed by atoms with Gasteiger partial charge in [0.1, 0.15) is 5.01 Å². The smallest absolute Gasteiger partial charge is 0.113 e. The molecule has 0 spiro atoms. The van der Waals surface area contributed by atoms with Gasteiger partial charge in [0.25, 0.3) is 0 Å². The van der Waals surface area contributed by atoms with Gasteiger partial charge in [-0.1, -0.05) is 18.2 Å². The summed E-state index contributed by atoms with van der Waals surface area (Å²) in [6.07, 6.45) is 0. The molecule has 0 aliphatic rings. The largest absolute Gasteiger partial charge is 0.399 e. The van der Waals surface area contributed by atoms with Crippen molar-refractivity contribution < 1.29 is 0 Å². The second-order valence-electron chi connectivity index (χ2n) is 4.53. The van der Waals surface area contributed by atoms with Crippen LogP contribution in [0.5, 0.6) is 0 Å². The van der Waals surface area contributed by atoms with Crippen LogP contribution in [0.4, 0.5) is 11.4 Å². The third-order valence-corrected chi connectivity index (χ3v) is 4.04. The Morgan fingerprint density at radius 3 is 2.79 bits per heavy atom. The number of anilines is 2. The fourth-order valence-corrected chi connectivity index (χ4v) is 3.06. The zero-order chi connectivity index (χ0) is 13.2. The zero-order valence-electron chi connectivity index (χ0n) is 10.7. The Kier molecular flexibility index (Phi) is 3.09. The Morgan fingerprint density at radius 1 is 1.16 bits per heavy atom. The molecular weight excluding hydrogens is 254 g/mol. The van der Waals surface area contributed by atoms with Gasteiger partial charge < -0.3 is 10.6 Å². The Morgan fingerprint density at radius 2 is 2.00 bits per heavy atom. The first kappa shape index (κ1) is 12.0.